The number of hydroxylamine groups is 1. The lowest BCUT2D eigenvalue weighted by atomic mass is 9.84. The molecule has 0 spiro atoms. The van der Waals surface area contributed by atoms with Gasteiger partial charge in [0.05, 0.1) is 18.2 Å². The van der Waals surface area contributed by atoms with Gasteiger partial charge in [0.1, 0.15) is 11.6 Å². The first-order chi connectivity index (χ1) is 17.2. The lowest BCUT2D eigenvalue weighted by Crippen LogP contribution is -2.32. The van der Waals surface area contributed by atoms with Crippen LogP contribution < -0.4 is 25.7 Å². The second kappa shape index (κ2) is 8.75. The lowest BCUT2D eigenvalue weighted by molar-refractivity contribution is 0.102. The van der Waals surface area contributed by atoms with Crippen molar-refractivity contribution in [2.24, 2.45) is 0 Å². The first kappa shape index (κ1) is 23.5. The first-order valence-corrected chi connectivity index (χ1v) is 11.7. The van der Waals surface area contributed by atoms with Crippen LogP contribution in [0.5, 0.6) is 11.5 Å². The Balaban J connectivity index is 1.66. The largest absolute Gasteiger partial charge is 0.496 e. The maximum atomic E-state index is 14.0. The predicted octanol–water partition coefficient (Wildman–Crippen LogP) is 6.62. The Kier molecular flexibility index (Phi) is 5.71. The zero-order valence-electron chi connectivity index (χ0n) is 20.9. The number of carbonyl (C=O) groups is 1. The van der Waals surface area contributed by atoms with E-state index in [9.17, 15) is 9.18 Å². The molecule has 3 N–H and O–H groups in total. The van der Waals surface area contributed by atoms with E-state index in [4.69, 9.17) is 9.57 Å². The van der Waals surface area contributed by atoms with Crippen LogP contribution in [0, 0.1) is 5.82 Å². The maximum absolute atomic E-state index is 14.0. The highest BCUT2D eigenvalue weighted by molar-refractivity contribution is 6.14. The molecule has 7 heteroatoms. The summed E-state index contributed by atoms with van der Waals surface area (Å²) in [6.45, 7) is 8.13. The molecule has 0 aromatic heterocycles. The van der Waals surface area contributed by atoms with E-state index in [-0.39, 0.29) is 11.4 Å². The van der Waals surface area contributed by atoms with Crippen LogP contribution in [0.3, 0.4) is 0 Å². The van der Waals surface area contributed by atoms with Crippen LogP contribution in [-0.2, 0) is 0 Å². The summed E-state index contributed by atoms with van der Waals surface area (Å²) >= 11 is 0. The van der Waals surface area contributed by atoms with Gasteiger partial charge in [-0.15, -0.1) is 0 Å². The van der Waals surface area contributed by atoms with Crippen LogP contribution >= 0.6 is 0 Å². The minimum Gasteiger partial charge on any atom is -0.496 e. The molecule has 2 heterocycles. The van der Waals surface area contributed by atoms with Crippen molar-refractivity contribution in [2.75, 3.05) is 17.7 Å². The highest BCUT2D eigenvalue weighted by Crippen LogP contribution is 2.43. The molecule has 0 bridgehead atoms. The van der Waals surface area contributed by atoms with Crippen LogP contribution in [0.2, 0.25) is 0 Å². The molecule has 36 heavy (non-hydrogen) atoms. The Morgan fingerprint density at radius 1 is 1.00 bits per heavy atom. The van der Waals surface area contributed by atoms with Gasteiger partial charge < -0.3 is 20.2 Å². The minimum atomic E-state index is -0.409. The molecular formula is C29H28FN3O3. The summed E-state index contributed by atoms with van der Waals surface area (Å²) in [7, 11) is 1.49. The van der Waals surface area contributed by atoms with E-state index in [1.165, 1.54) is 19.2 Å². The summed E-state index contributed by atoms with van der Waals surface area (Å²) < 4.78 is 19.5. The molecule has 0 unspecified atom stereocenters. The topological polar surface area (TPSA) is 71.6 Å². The fraction of sp³-hybridized carbons (Fsp3) is 0.207. The summed E-state index contributed by atoms with van der Waals surface area (Å²) in [6.07, 6.45) is 3.87. The van der Waals surface area contributed by atoms with Crippen molar-refractivity contribution in [3.05, 3.63) is 83.3 Å². The molecule has 3 aromatic rings. The molecule has 0 fully saturated rings. The molecule has 6 nitrogen and oxygen atoms in total. The van der Waals surface area contributed by atoms with Crippen molar-refractivity contribution in [3.8, 4) is 22.6 Å². The van der Waals surface area contributed by atoms with Gasteiger partial charge in [0.25, 0.3) is 5.91 Å². The standard InChI is InChI=1S/C29H28FN3O3/c1-16-14-29(3,4)33-23-10-9-21(20-8-6-18(30)12-25(20)35-5)27(26(16)23)28(34)32-19-7-11-24-22(13-19)17(2)15-31-36-24/h6-15,31,33H,1-5H3,(H,32,34). The number of fused-ring (bicyclic) bond motifs is 2. The Morgan fingerprint density at radius 2 is 1.78 bits per heavy atom. The van der Waals surface area contributed by atoms with Crippen molar-refractivity contribution in [3.63, 3.8) is 0 Å². The van der Waals surface area contributed by atoms with E-state index >= 15 is 0 Å². The minimum absolute atomic E-state index is 0.268. The normalized spacial score (nSPS) is 15.2. The van der Waals surface area contributed by atoms with E-state index in [1.54, 1.807) is 18.3 Å². The van der Waals surface area contributed by atoms with Crippen LogP contribution in [0.1, 0.15) is 49.2 Å². The molecule has 0 saturated heterocycles. The Labute approximate surface area is 209 Å². The van der Waals surface area contributed by atoms with Gasteiger partial charge in [-0.2, -0.15) is 0 Å². The van der Waals surface area contributed by atoms with Crippen LogP contribution in [0.4, 0.5) is 15.8 Å². The number of hydrogen-bond donors (Lipinski definition) is 3. The third kappa shape index (κ3) is 4.17. The molecule has 2 aliphatic heterocycles. The number of amides is 1. The molecule has 5 rings (SSSR count). The number of rotatable bonds is 4. The third-order valence-corrected chi connectivity index (χ3v) is 6.42. The number of methoxy groups -OCH3 is 1. The third-order valence-electron chi connectivity index (χ3n) is 6.42. The highest BCUT2D eigenvalue weighted by Gasteiger charge is 2.29. The molecule has 3 aromatic carbocycles. The molecule has 0 aliphatic carbocycles. The highest BCUT2D eigenvalue weighted by atomic mass is 19.1. The first-order valence-electron chi connectivity index (χ1n) is 11.7. The van der Waals surface area contributed by atoms with Gasteiger partial charge in [0.15, 0.2) is 5.75 Å². The number of carbonyl (C=O) groups excluding carboxylic acids is 1. The number of halogens is 1. The molecule has 2 aliphatic rings. The molecule has 1 amide bonds. The summed E-state index contributed by atoms with van der Waals surface area (Å²) in [5.41, 5.74) is 9.42. The second-order valence-electron chi connectivity index (χ2n) is 9.64. The van der Waals surface area contributed by atoms with Crippen molar-refractivity contribution >= 4 is 28.4 Å². The van der Waals surface area contributed by atoms with Crippen LogP contribution in [-0.4, -0.2) is 18.6 Å². The molecule has 0 saturated carbocycles. The van der Waals surface area contributed by atoms with Crippen molar-refractivity contribution in [1.82, 2.24) is 5.48 Å². The average molecular weight is 486 g/mol. The lowest BCUT2D eigenvalue weighted by Gasteiger charge is -2.33. The number of nitrogens with one attached hydrogen (secondary N) is 3. The monoisotopic (exact) mass is 485 g/mol. The van der Waals surface area contributed by atoms with Crippen molar-refractivity contribution < 1.29 is 18.8 Å². The quantitative estimate of drug-likeness (QED) is 0.387. The van der Waals surface area contributed by atoms with Gasteiger partial charge in [-0.1, -0.05) is 12.1 Å². The van der Waals surface area contributed by atoms with Crippen molar-refractivity contribution in [2.45, 2.75) is 33.2 Å². The second-order valence-corrected chi connectivity index (χ2v) is 9.64. The number of ether oxygens (including phenoxy) is 1. The number of hydrogen-bond acceptors (Lipinski definition) is 5. The molecular weight excluding hydrogens is 457 g/mol. The summed E-state index contributed by atoms with van der Waals surface area (Å²) in [6, 6.07) is 13.7. The van der Waals surface area contributed by atoms with Gasteiger partial charge in [-0.05, 0) is 80.8 Å². The smallest absolute Gasteiger partial charge is 0.256 e. The van der Waals surface area contributed by atoms with E-state index < -0.39 is 5.82 Å². The number of anilines is 2. The molecule has 184 valence electrons. The van der Waals surface area contributed by atoms with E-state index in [0.29, 0.717) is 33.9 Å². The SMILES string of the molecule is COc1cc(F)ccc1-c1ccc2c(c1C(=O)Nc1ccc3c(c1)C(C)=CNO3)C(C)=CC(C)(C)N2. The fourth-order valence-electron chi connectivity index (χ4n) is 4.92. The van der Waals surface area contributed by atoms with Crippen LogP contribution in [0.15, 0.2) is 60.8 Å². The van der Waals surface area contributed by atoms with Gasteiger partial charge in [0.2, 0.25) is 0 Å². The van der Waals surface area contributed by atoms with Gasteiger partial charge >= 0.3 is 0 Å². The van der Waals surface area contributed by atoms with E-state index in [0.717, 1.165) is 28.0 Å². The summed E-state index contributed by atoms with van der Waals surface area (Å²) in [4.78, 5) is 19.4. The van der Waals surface area contributed by atoms with Gasteiger partial charge in [-0.3, -0.25) is 4.79 Å². The fourth-order valence-corrected chi connectivity index (χ4v) is 4.92. The molecule has 0 radical (unpaired) electrons. The summed E-state index contributed by atoms with van der Waals surface area (Å²) in [5.74, 6) is 0.355. The maximum Gasteiger partial charge on any atom is 0.256 e. The van der Waals surface area contributed by atoms with Crippen molar-refractivity contribution in [1.29, 1.82) is 0 Å². The zero-order valence-corrected chi connectivity index (χ0v) is 20.9. The molecule has 0 atom stereocenters. The number of benzene rings is 3. The van der Waals surface area contributed by atoms with Crippen LogP contribution in [0.25, 0.3) is 22.3 Å². The Bertz CT molecular complexity index is 1460. The Hall–Kier alpha value is -4.26. The number of allylic oxidation sites excluding steroid dienone is 2. The van der Waals surface area contributed by atoms with Gasteiger partial charge in [-0.25, -0.2) is 9.87 Å². The summed E-state index contributed by atoms with van der Waals surface area (Å²) in [5, 5.41) is 6.58. The Morgan fingerprint density at radius 3 is 2.56 bits per heavy atom. The predicted molar refractivity (Wildman–Crippen MR) is 142 cm³/mol. The van der Waals surface area contributed by atoms with E-state index in [1.807, 2.05) is 38.1 Å². The zero-order chi connectivity index (χ0) is 25.6. The average Bonchev–Trinajstić information content (AvgIpc) is 2.83. The van der Waals surface area contributed by atoms with E-state index in [2.05, 4.69) is 36.0 Å². The van der Waals surface area contributed by atoms with Gasteiger partial charge in [0, 0.05) is 40.3 Å².